The Morgan fingerprint density at radius 3 is 2.24 bits per heavy atom. The molecule has 0 bridgehead atoms. The van der Waals surface area contributed by atoms with Crippen LogP contribution in [0.3, 0.4) is 0 Å². The molecule has 0 unspecified atom stereocenters. The van der Waals surface area contributed by atoms with Crippen molar-refractivity contribution in [1.29, 1.82) is 0 Å². The number of benzene rings is 3. The number of nitrogens with one attached hydrogen (secondary N) is 2. The van der Waals surface area contributed by atoms with Gasteiger partial charge in [0.15, 0.2) is 0 Å². The monoisotopic (exact) mass is 573 g/mol. The number of nitrogens with zero attached hydrogens (tertiary/aromatic N) is 1. The fourth-order valence-electron chi connectivity index (χ4n) is 5.83. The first-order valence-electron chi connectivity index (χ1n) is 14.2. The summed E-state index contributed by atoms with van der Waals surface area (Å²) < 4.78 is 31.7. The molecule has 1 heterocycles. The lowest BCUT2D eigenvalue weighted by Crippen LogP contribution is -2.46. The average Bonchev–Trinajstić information content (AvgIpc) is 3.27. The van der Waals surface area contributed by atoms with Gasteiger partial charge in [-0.1, -0.05) is 60.2 Å². The van der Waals surface area contributed by atoms with E-state index in [1.54, 1.807) is 26.0 Å². The molecule has 0 radical (unpaired) electrons. The predicted octanol–water partition coefficient (Wildman–Crippen LogP) is 5.62. The molecule has 1 saturated carbocycles. The minimum Gasteiger partial charge on any atom is -0.388 e. The molecule has 1 aliphatic rings. The number of carbonyl (C=O) groups is 1. The molecule has 8 heteroatoms. The molecule has 1 aliphatic carbocycles. The van der Waals surface area contributed by atoms with Crippen molar-refractivity contribution in [3.05, 3.63) is 90.0 Å². The molecule has 1 amide bonds. The summed E-state index contributed by atoms with van der Waals surface area (Å²) in [5.74, 6) is -0.341. The largest absolute Gasteiger partial charge is 0.388 e. The Morgan fingerprint density at radius 2 is 1.61 bits per heavy atom. The van der Waals surface area contributed by atoms with Gasteiger partial charge in [-0.3, -0.25) is 4.79 Å². The number of aryl methyl sites for hydroxylation is 2. The number of aromatic nitrogens is 1. The van der Waals surface area contributed by atoms with E-state index >= 15 is 0 Å². The lowest BCUT2D eigenvalue weighted by Gasteiger charge is -2.34. The Kier molecular flexibility index (Phi) is 8.10. The third-order valence-electron chi connectivity index (χ3n) is 8.22. The molecular formula is C33H39N3O4S. The average molecular weight is 574 g/mol. The van der Waals surface area contributed by atoms with E-state index in [9.17, 15) is 18.3 Å². The summed E-state index contributed by atoms with van der Waals surface area (Å²) >= 11 is 0. The van der Waals surface area contributed by atoms with E-state index in [1.165, 1.54) is 5.56 Å². The van der Waals surface area contributed by atoms with Gasteiger partial charge in [0.05, 0.1) is 16.5 Å². The highest BCUT2D eigenvalue weighted by Gasteiger charge is 2.34. The van der Waals surface area contributed by atoms with Crippen LogP contribution in [-0.2, 0) is 21.9 Å². The lowest BCUT2D eigenvalue weighted by molar-refractivity contribution is -0.128. The highest BCUT2D eigenvalue weighted by molar-refractivity contribution is 7.89. The van der Waals surface area contributed by atoms with Crippen LogP contribution in [-0.4, -0.2) is 35.6 Å². The van der Waals surface area contributed by atoms with Gasteiger partial charge in [0.25, 0.3) is 0 Å². The number of carbonyl (C=O) groups excluding carboxylic acids is 1. The van der Waals surface area contributed by atoms with Gasteiger partial charge in [-0.2, -0.15) is 0 Å². The molecule has 0 spiro atoms. The van der Waals surface area contributed by atoms with Crippen LogP contribution >= 0.6 is 0 Å². The smallest absolute Gasteiger partial charge is 0.240 e. The molecule has 5 rings (SSSR count). The van der Waals surface area contributed by atoms with Crippen LogP contribution in [0.5, 0.6) is 0 Å². The van der Waals surface area contributed by atoms with Gasteiger partial charge in [0.2, 0.25) is 15.9 Å². The summed E-state index contributed by atoms with van der Waals surface area (Å²) in [5, 5.41) is 14.6. The Hall–Kier alpha value is -3.46. The van der Waals surface area contributed by atoms with E-state index in [1.807, 2.05) is 49.5 Å². The topological polar surface area (TPSA) is 100 Å². The fraction of sp³-hybridized carbons (Fsp3) is 0.364. The number of aliphatic hydroxyl groups is 1. The first-order valence-corrected chi connectivity index (χ1v) is 15.7. The molecule has 216 valence electrons. The standard InChI is InChI=1S/C33H39N3O4S/c1-22-10-12-23(13-11-22)30-21-26-20-28(18-19-29(26)36(30)4)41(39,40)35-27-16-14-25(15-17-27)32(37)34-31(33(2,3)38)24-8-6-5-7-9-24/h5-13,18-21,25,27,31,35,38H,14-17H2,1-4H3,(H,34,37)/t25-,27-,31-/m0/s1. The molecule has 4 aromatic rings. The molecule has 3 N–H and O–H groups in total. The van der Waals surface area contributed by atoms with Gasteiger partial charge in [-0.15, -0.1) is 0 Å². The van der Waals surface area contributed by atoms with Crippen molar-refractivity contribution in [2.75, 3.05) is 0 Å². The molecule has 1 fully saturated rings. The van der Waals surface area contributed by atoms with Gasteiger partial charge >= 0.3 is 0 Å². The third-order valence-corrected chi connectivity index (χ3v) is 9.74. The highest BCUT2D eigenvalue weighted by atomic mass is 32.2. The minimum atomic E-state index is -3.73. The molecule has 41 heavy (non-hydrogen) atoms. The zero-order valence-electron chi connectivity index (χ0n) is 24.1. The van der Waals surface area contributed by atoms with Crippen molar-refractivity contribution >= 4 is 26.8 Å². The normalized spacial score (nSPS) is 18.8. The molecular weight excluding hydrogens is 534 g/mol. The first-order chi connectivity index (χ1) is 19.4. The van der Waals surface area contributed by atoms with Crippen LogP contribution in [0.25, 0.3) is 22.2 Å². The van der Waals surface area contributed by atoms with Gasteiger partial charge in [-0.25, -0.2) is 13.1 Å². The van der Waals surface area contributed by atoms with E-state index in [2.05, 4.69) is 45.8 Å². The molecule has 3 aromatic carbocycles. The second-order valence-electron chi connectivity index (χ2n) is 11.9. The Balaban J connectivity index is 1.24. The van der Waals surface area contributed by atoms with Crippen LogP contribution < -0.4 is 10.0 Å². The highest BCUT2D eigenvalue weighted by Crippen LogP contribution is 2.32. The minimum absolute atomic E-state index is 0.110. The third kappa shape index (κ3) is 6.40. The van der Waals surface area contributed by atoms with Crippen LogP contribution in [0.4, 0.5) is 0 Å². The second-order valence-corrected chi connectivity index (χ2v) is 13.6. The van der Waals surface area contributed by atoms with E-state index in [4.69, 9.17) is 0 Å². The summed E-state index contributed by atoms with van der Waals surface area (Å²) in [5.41, 5.74) is 3.97. The fourth-order valence-corrected chi connectivity index (χ4v) is 7.17. The van der Waals surface area contributed by atoms with Crippen LogP contribution in [0, 0.1) is 12.8 Å². The number of rotatable bonds is 8. The Bertz CT molecular complexity index is 1630. The molecule has 7 nitrogen and oxygen atoms in total. The molecule has 1 aromatic heterocycles. The van der Waals surface area contributed by atoms with Crippen molar-refractivity contribution in [2.24, 2.45) is 13.0 Å². The molecule has 0 saturated heterocycles. The van der Waals surface area contributed by atoms with Crippen LogP contribution in [0.15, 0.2) is 83.8 Å². The summed E-state index contributed by atoms with van der Waals surface area (Å²) in [6.45, 7) is 5.43. The summed E-state index contributed by atoms with van der Waals surface area (Å²) in [7, 11) is -1.74. The summed E-state index contributed by atoms with van der Waals surface area (Å²) in [4.78, 5) is 13.4. The number of sulfonamides is 1. The summed E-state index contributed by atoms with van der Waals surface area (Å²) in [6, 6.07) is 24.2. The van der Waals surface area contributed by atoms with Crippen molar-refractivity contribution in [2.45, 2.75) is 69.0 Å². The van der Waals surface area contributed by atoms with E-state index < -0.39 is 21.7 Å². The van der Waals surface area contributed by atoms with Crippen LogP contribution in [0.2, 0.25) is 0 Å². The van der Waals surface area contributed by atoms with Crippen molar-refractivity contribution in [3.8, 4) is 11.3 Å². The lowest BCUT2D eigenvalue weighted by atomic mass is 9.84. The van der Waals surface area contributed by atoms with Crippen molar-refractivity contribution < 1.29 is 18.3 Å². The van der Waals surface area contributed by atoms with Crippen molar-refractivity contribution in [3.63, 3.8) is 0 Å². The van der Waals surface area contributed by atoms with E-state index in [0.29, 0.717) is 25.7 Å². The van der Waals surface area contributed by atoms with Gasteiger partial charge in [-0.05, 0) is 81.8 Å². The zero-order chi connectivity index (χ0) is 29.4. The quantitative estimate of drug-likeness (QED) is 0.255. The maximum atomic E-state index is 13.3. The number of fused-ring (bicyclic) bond motifs is 1. The van der Waals surface area contributed by atoms with E-state index in [0.717, 1.165) is 27.7 Å². The van der Waals surface area contributed by atoms with Crippen LogP contribution in [0.1, 0.15) is 56.7 Å². The predicted molar refractivity (Wildman–Crippen MR) is 163 cm³/mol. The van der Waals surface area contributed by atoms with Crippen molar-refractivity contribution in [1.82, 2.24) is 14.6 Å². The molecule has 1 atom stereocenters. The SMILES string of the molecule is Cc1ccc(-c2cc3cc(S(=O)(=O)N[C@H]4CC[C@H](C(=O)N[C@@H](c5ccccc5)C(C)(C)O)CC4)ccc3n2C)cc1. The van der Waals surface area contributed by atoms with Gasteiger partial charge in [0, 0.05) is 35.6 Å². The number of hydrogen-bond donors (Lipinski definition) is 3. The van der Waals surface area contributed by atoms with E-state index in [-0.39, 0.29) is 22.8 Å². The first kappa shape index (κ1) is 29.0. The summed E-state index contributed by atoms with van der Waals surface area (Å²) in [6.07, 6.45) is 2.29. The Morgan fingerprint density at radius 1 is 0.951 bits per heavy atom. The Labute approximate surface area is 242 Å². The second kappa shape index (κ2) is 11.4. The van der Waals surface area contributed by atoms with Gasteiger partial charge in [0.1, 0.15) is 0 Å². The maximum Gasteiger partial charge on any atom is 0.240 e. The van der Waals surface area contributed by atoms with Gasteiger partial charge < -0.3 is 15.0 Å². The maximum absolute atomic E-state index is 13.3. The number of hydrogen-bond acceptors (Lipinski definition) is 4. The molecule has 0 aliphatic heterocycles. The zero-order valence-corrected chi connectivity index (χ0v) is 24.9. The number of amides is 1.